The van der Waals surface area contributed by atoms with Crippen LogP contribution in [0, 0.1) is 0 Å². The SMILES string of the molecule is CCOC(=O)C(=O)Cc1cc(Oc2ccccc2)ncn1. The molecule has 0 spiro atoms. The summed E-state index contributed by atoms with van der Waals surface area (Å²) in [5.41, 5.74) is 0.397. The van der Waals surface area contributed by atoms with E-state index in [2.05, 4.69) is 14.7 Å². The van der Waals surface area contributed by atoms with Crippen molar-refractivity contribution < 1.29 is 19.1 Å². The lowest BCUT2D eigenvalue weighted by atomic mass is 10.2. The Morgan fingerprint density at radius 3 is 2.62 bits per heavy atom. The maximum atomic E-state index is 11.6. The zero-order valence-electron chi connectivity index (χ0n) is 11.5. The lowest BCUT2D eigenvalue weighted by Crippen LogP contribution is -2.19. The smallest absolute Gasteiger partial charge is 0.375 e. The van der Waals surface area contributed by atoms with E-state index in [4.69, 9.17) is 4.74 Å². The van der Waals surface area contributed by atoms with E-state index in [1.54, 1.807) is 19.1 Å². The van der Waals surface area contributed by atoms with Gasteiger partial charge >= 0.3 is 5.97 Å². The van der Waals surface area contributed by atoms with Crippen LogP contribution < -0.4 is 4.74 Å². The second kappa shape index (κ2) is 7.14. The molecule has 0 aliphatic heterocycles. The Bertz CT molecular complexity index is 629. The van der Waals surface area contributed by atoms with E-state index in [1.807, 2.05) is 18.2 Å². The van der Waals surface area contributed by atoms with Crippen molar-refractivity contribution in [1.29, 1.82) is 0 Å². The van der Waals surface area contributed by atoms with Gasteiger partial charge in [0.15, 0.2) is 0 Å². The first-order chi connectivity index (χ1) is 10.2. The second-order valence-electron chi connectivity index (χ2n) is 4.08. The van der Waals surface area contributed by atoms with Gasteiger partial charge in [-0.3, -0.25) is 4.79 Å². The molecule has 0 aliphatic carbocycles. The average Bonchev–Trinajstić information content (AvgIpc) is 2.49. The fourth-order valence-electron chi connectivity index (χ4n) is 1.59. The Balaban J connectivity index is 2.04. The van der Waals surface area contributed by atoms with Crippen LogP contribution in [0.1, 0.15) is 12.6 Å². The fraction of sp³-hybridized carbons (Fsp3) is 0.200. The maximum Gasteiger partial charge on any atom is 0.375 e. The topological polar surface area (TPSA) is 78.4 Å². The predicted octanol–water partition coefficient (Wildman–Crippen LogP) is 1.94. The Kier molecular flexibility index (Phi) is 4.98. The molecule has 0 amide bonds. The molecule has 0 aliphatic rings. The maximum absolute atomic E-state index is 11.6. The van der Waals surface area contributed by atoms with Crippen molar-refractivity contribution in [2.45, 2.75) is 13.3 Å². The van der Waals surface area contributed by atoms with Gasteiger partial charge in [0.05, 0.1) is 18.7 Å². The van der Waals surface area contributed by atoms with E-state index in [-0.39, 0.29) is 13.0 Å². The quantitative estimate of drug-likeness (QED) is 0.596. The van der Waals surface area contributed by atoms with Crippen LogP contribution in [0.5, 0.6) is 11.6 Å². The highest BCUT2D eigenvalue weighted by molar-refractivity contribution is 6.34. The third kappa shape index (κ3) is 4.38. The van der Waals surface area contributed by atoms with Crippen LogP contribution in [-0.2, 0) is 20.7 Å². The van der Waals surface area contributed by atoms with Gasteiger partial charge in [0.25, 0.3) is 0 Å². The van der Waals surface area contributed by atoms with Gasteiger partial charge in [-0.2, -0.15) is 0 Å². The zero-order valence-corrected chi connectivity index (χ0v) is 11.5. The number of aromatic nitrogens is 2. The van der Waals surface area contributed by atoms with E-state index in [1.165, 1.54) is 12.4 Å². The Hall–Kier alpha value is -2.76. The molecular weight excluding hydrogens is 272 g/mol. The highest BCUT2D eigenvalue weighted by Crippen LogP contribution is 2.18. The van der Waals surface area contributed by atoms with Crippen LogP contribution >= 0.6 is 0 Å². The first-order valence-corrected chi connectivity index (χ1v) is 6.43. The number of carbonyl (C=O) groups excluding carboxylic acids is 2. The number of carbonyl (C=O) groups is 2. The van der Waals surface area contributed by atoms with Crippen molar-refractivity contribution >= 4 is 11.8 Å². The molecule has 0 unspecified atom stereocenters. The third-order valence-electron chi connectivity index (χ3n) is 2.51. The monoisotopic (exact) mass is 286 g/mol. The van der Waals surface area contributed by atoms with Crippen molar-refractivity contribution in [1.82, 2.24) is 9.97 Å². The third-order valence-corrected chi connectivity index (χ3v) is 2.51. The summed E-state index contributed by atoms with van der Waals surface area (Å²) < 4.78 is 10.2. The van der Waals surface area contributed by atoms with E-state index in [0.717, 1.165) is 0 Å². The number of ketones is 1. The molecule has 0 bridgehead atoms. The molecule has 1 heterocycles. The van der Waals surface area contributed by atoms with Gasteiger partial charge in [-0.15, -0.1) is 0 Å². The summed E-state index contributed by atoms with van der Waals surface area (Å²) in [6, 6.07) is 10.6. The van der Waals surface area contributed by atoms with E-state index >= 15 is 0 Å². The van der Waals surface area contributed by atoms with Crippen LogP contribution in [0.15, 0.2) is 42.7 Å². The molecule has 0 N–H and O–H groups in total. The molecule has 6 heteroatoms. The van der Waals surface area contributed by atoms with Gasteiger partial charge in [-0.1, -0.05) is 18.2 Å². The minimum absolute atomic E-state index is 0.146. The number of hydrogen-bond donors (Lipinski definition) is 0. The Labute approximate surface area is 121 Å². The van der Waals surface area contributed by atoms with Crippen molar-refractivity contribution in [2.24, 2.45) is 0 Å². The van der Waals surface area contributed by atoms with Crippen LogP contribution in [-0.4, -0.2) is 28.3 Å². The summed E-state index contributed by atoms with van der Waals surface area (Å²) in [6.07, 6.45) is 1.14. The second-order valence-corrected chi connectivity index (χ2v) is 4.08. The standard InChI is InChI=1S/C15H14N2O4/c1-2-20-15(19)13(18)8-11-9-14(17-10-16-11)21-12-6-4-3-5-7-12/h3-7,9-10H,2,8H2,1H3. The van der Waals surface area contributed by atoms with Gasteiger partial charge in [0.2, 0.25) is 11.7 Å². The lowest BCUT2D eigenvalue weighted by molar-refractivity contribution is -0.153. The molecule has 1 aromatic carbocycles. The average molecular weight is 286 g/mol. The summed E-state index contributed by atoms with van der Waals surface area (Å²) in [5.74, 6) is -0.579. The van der Waals surface area contributed by atoms with Crippen molar-refractivity contribution in [2.75, 3.05) is 6.61 Å². The predicted molar refractivity (Wildman–Crippen MR) is 73.9 cm³/mol. The summed E-state index contributed by atoms with van der Waals surface area (Å²) >= 11 is 0. The Morgan fingerprint density at radius 2 is 1.90 bits per heavy atom. The minimum Gasteiger partial charge on any atom is -0.460 e. The lowest BCUT2D eigenvalue weighted by Gasteiger charge is -2.05. The molecule has 0 fully saturated rings. The number of rotatable bonds is 6. The summed E-state index contributed by atoms with van der Waals surface area (Å²) in [6.45, 7) is 1.80. The number of esters is 1. The van der Waals surface area contributed by atoms with Gasteiger partial charge in [0.1, 0.15) is 12.1 Å². The molecule has 1 aromatic heterocycles. The number of benzene rings is 1. The zero-order chi connectivity index (χ0) is 15.1. The molecule has 21 heavy (non-hydrogen) atoms. The molecule has 2 rings (SSSR count). The molecule has 2 aromatic rings. The molecule has 6 nitrogen and oxygen atoms in total. The van der Waals surface area contributed by atoms with Crippen molar-refractivity contribution in [3.8, 4) is 11.6 Å². The molecule has 0 atom stereocenters. The van der Waals surface area contributed by atoms with Crippen molar-refractivity contribution in [3.05, 3.63) is 48.4 Å². The van der Waals surface area contributed by atoms with Crippen LogP contribution in [0.25, 0.3) is 0 Å². The first kappa shape index (κ1) is 14.6. The number of Topliss-reactive ketones (excluding diaryl/α,β-unsaturated/α-hetero) is 1. The van der Waals surface area contributed by atoms with Crippen molar-refractivity contribution in [3.63, 3.8) is 0 Å². The minimum atomic E-state index is -0.860. The van der Waals surface area contributed by atoms with Crippen LogP contribution in [0.4, 0.5) is 0 Å². The number of hydrogen-bond acceptors (Lipinski definition) is 6. The summed E-state index contributed by atoms with van der Waals surface area (Å²) in [7, 11) is 0. The van der Waals surface area contributed by atoms with E-state index < -0.39 is 11.8 Å². The van der Waals surface area contributed by atoms with Gasteiger partial charge in [-0.05, 0) is 19.1 Å². The molecular formula is C15H14N2O4. The van der Waals surface area contributed by atoms with E-state index in [9.17, 15) is 9.59 Å². The number of ether oxygens (including phenoxy) is 2. The van der Waals surface area contributed by atoms with Gasteiger partial charge in [0, 0.05) is 6.07 Å². The molecule has 0 saturated carbocycles. The van der Waals surface area contributed by atoms with Crippen LogP contribution in [0.3, 0.4) is 0 Å². The fourth-order valence-corrected chi connectivity index (χ4v) is 1.59. The number of nitrogens with zero attached hydrogens (tertiary/aromatic N) is 2. The highest BCUT2D eigenvalue weighted by Gasteiger charge is 2.16. The Morgan fingerprint density at radius 1 is 1.14 bits per heavy atom. The largest absolute Gasteiger partial charge is 0.460 e. The summed E-state index contributed by atoms with van der Waals surface area (Å²) in [4.78, 5) is 30.8. The van der Waals surface area contributed by atoms with E-state index in [0.29, 0.717) is 17.3 Å². The van der Waals surface area contributed by atoms with Gasteiger partial charge < -0.3 is 9.47 Å². The molecule has 108 valence electrons. The highest BCUT2D eigenvalue weighted by atomic mass is 16.5. The summed E-state index contributed by atoms with van der Waals surface area (Å²) in [5, 5.41) is 0. The number of para-hydroxylation sites is 1. The molecule has 0 radical (unpaired) electrons. The first-order valence-electron chi connectivity index (χ1n) is 6.43. The molecule has 0 saturated heterocycles. The van der Waals surface area contributed by atoms with Crippen LogP contribution in [0.2, 0.25) is 0 Å². The normalized spacial score (nSPS) is 9.95. The van der Waals surface area contributed by atoms with Gasteiger partial charge in [-0.25, -0.2) is 14.8 Å².